The summed E-state index contributed by atoms with van der Waals surface area (Å²) in [6.07, 6.45) is 0. The van der Waals surface area contributed by atoms with Gasteiger partial charge in [0.2, 0.25) is 5.91 Å². The second kappa shape index (κ2) is 5.84. The summed E-state index contributed by atoms with van der Waals surface area (Å²) < 4.78 is 6.82. The highest BCUT2D eigenvalue weighted by atomic mass is 32.2. The molecular weight excluding hydrogens is 180 g/mol. The van der Waals surface area contributed by atoms with Crippen molar-refractivity contribution in [3.05, 3.63) is 0 Å². The number of rotatable bonds is 4. The molecule has 70 valence electrons. The van der Waals surface area contributed by atoms with Crippen LogP contribution in [0.1, 0.15) is 6.92 Å². The summed E-state index contributed by atoms with van der Waals surface area (Å²) in [6.45, 7) is 1.39. The molecule has 0 aromatic heterocycles. The minimum absolute atomic E-state index is 0.169. The Kier molecular flexibility index (Phi) is 5.48. The zero-order chi connectivity index (χ0) is 9.56. The van der Waals surface area contributed by atoms with Gasteiger partial charge in [-0.15, -0.1) is 0 Å². The quantitative estimate of drug-likeness (QED) is 0.453. The van der Waals surface area contributed by atoms with Crippen LogP contribution in [-0.2, 0) is 14.3 Å². The number of hydrogen-bond donors (Lipinski definition) is 2. The number of nitrogens with one attached hydrogen (secondary N) is 1. The smallest absolute Gasteiger partial charge is 0.323 e. The lowest BCUT2D eigenvalue weighted by Gasteiger charge is -2.07. The summed E-state index contributed by atoms with van der Waals surface area (Å²) in [5.41, 5.74) is 5.37. The Morgan fingerprint density at radius 1 is 1.67 bits per heavy atom. The third-order valence-corrected chi connectivity index (χ3v) is 1.94. The third-order valence-electron chi connectivity index (χ3n) is 0.983. The van der Waals surface area contributed by atoms with Gasteiger partial charge in [0.1, 0.15) is 6.04 Å². The molecule has 6 heteroatoms. The van der Waals surface area contributed by atoms with E-state index in [0.717, 1.165) is 11.9 Å². The van der Waals surface area contributed by atoms with Crippen molar-refractivity contribution in [2.45, 2.75) is 13.0 Å². The minimum Gasteiger partial charge on any atom is -0.468 e. The second-order valence-electron chi connectivity index (χ2n) is 2.10. The second-order valence-corrected chi connectivity index (χ2v) is 2.93. The summed E-state index contributed by atoms with van der Waals surface area (Å²) in [7, 11) is 1.27. The van der Waals surface area contributed by atoms with Gasteiger partial charge in [0.15, 0.2) is 0 Å². The van der Waals surface area contributed by atoms with Crippen molar-refractivity contribution in [1.82, 2.24) is 4.72 Å². The largest absolute Gasteiger partial charge is 0.468 e. The molecule has 0 heterocycles. The fraction of sp³-hybridized carbons (Fsp3) is 0.667. The lowest BCUT2D eigenvalue weighted by atomic mass is 10.4. The van der Waals surface area contributed by atoms with Gasteiger partial charge in [-0.3, -0.25) is 9.59 Å². The van der Waals surface area contributed by atoms with Gasteiger partial charge in [-0.2, -0.15) is 0 Å². The molecule has 0 radical (unpaired) electrons. The molecule has 0 aliphatic rings. The van der Waals surface area contributed by atoms with Crippen LogP contribution in [0.15, 0.2) is 0 Å². The van der Waals surface area contributed by atoms with Crippen LogP contribution in [-0.4, -0.2) is 30.8 Å². The first kappa shape index (κ1) is 11.2. The predicted molar refractivity (Wildman–Crippen MR) is 46.3 cm³/mol. The average Bonchev–Trinajstić information content (AvgIpc) is 2.02. The number of nitrogens with two attached hydrogens (primary N) is 1. The molecule has 0 fully saturated rings. The Bertz CT molecular complexity index is 174. The zero-order valence-electron chi connectivity index (χ0n) is 6.99. The molecule has 0 rings (SSSR count). The monoisotopic (exact) mass is 192 g/mol. The topological polar surface area (TPSA) is 81.4 Å². The highest BCUT2D eigenvalue weighted by molar-refractivity contribution is 7.98. The molecule has 0 aliphatic heterocycles. The summed E-state index contributed by atoms with van der Waals surface area (Å²) in [6, 6.07) is -0.688. The van der Waals surface area contributed by atoms with E-state index in [2.05, 4.69) is 9.46 Å². The fourth-order valence-electron chi connectivity index (χ4n) is 0.452. The maximum atomic E-state index is 10.7. The lowest BCUT2D eigenvalue weighted by Crippen LogP contribution is -2.35. The lowest BCUT2D eigenvalue weighted by molar-refractivity contribution is -0.141. The van der Waals surface area contributed by atoms with E-state index in [1.165, 1.54) is 14.0 Å². The zero-order valence-corrected chi connectivity index (χ0v) is 7.81. The first-order chi connectivity index (χ1) is 5.57. The molecule has 0 aromatic rings. The highest BCUT2D eigenvalue weighted by Crippen LogP contribution is 1.96. The van der Waals surface area contributed by atoms with Crippen molar-refractivity contribution in [1.29, 1.82) is 0 Å². The van der Waals surface area contributed by atoms with Crippen molar-refractivity contribution in [2.75, 3.05) is 12.9 Å². The molecule has 3 N–H and O–H groups in total. The van der Waals surface area contributed by atoms with Crippen LogP contribution in [0.2, 0.25) is 0 Å². The molecule has 0 aromatic carbocycles. The first-order valence-electron chi connectivity index (χ1n) is 3.29. The maximum absolute atomic E-state index is 10.7. The van der Waals surface area contributed by atoms with Crippen LogP contribution in [0, 0.1) is 0 Å². The number of hydrogen-bond acceptors (Lipinski definition) is 5. The molecule has 0 saturated carbocycles. The van der Waals surface area contributed by atoms with Crippen LogP contribution in [0.3, 0.4) is 0 Å². The fourth-order valence-corrected chi connectivity index (χ4v) is 1.05. The van der Waals surface area contributed by atoms with Gasteiger partial charge in [-0.25, -0.2) is 0 Å². The summed E-state index contributed by atoms with van der Waals surface area (Å²) in [5, 5.41) is 0. The Hall–Kier alpha value is -0.750. The van der Waals surface area contributed by atoms with Crippen LogP contribution in [0.4, 0.5) is 0 Å². The molecule has 1 amide bonds. The summed E-state index contributed by atoms with van der Waals surface area (Å²) in [4.78, 5) is 21.1. The van der Waals surface area contributed by atoms with E-state index in [1.807, 2.05) is 0 Å². The Morgan fingerprint density at radius 3 is 2.67 bits per heavy atom. The normalized spacial score (nSPS) is 11.9. The standard InChI is InChI=1S/C6H12N2O3S/c1-4(9)8-12-3-5(7)6(10)11-2/h5H,3,7H2,1-2H3,(H,8,9)/t5-/m0/s1. The number of carbonyl (C=O) groups is 2. The Morgan fingerprint density at radius 2 is 2.25 bits per heavy atom. The van der Waals surface area contributed by atoms with Crippen molar-refractivity contribution in [3.63, 3.8) is 0 Å². The van der Waals surface area contributed by atoms with Gasteiger partial charge >= 0.3 is 5.97 Å². The molecule has 5 nitrogen and oxygen atoms in total. The van der Waals surface area contributed by atoms with Gasteiger partial charge in [-0.05, 0) is 11.9 Å². The van der Waals surface area contributed by atoms with E-state index in [9.17, 15) is 9.59 Å². The van der Waals surface area contributed by atoms with Gasteiger partial charge in [0, 0.05) is 12.7 Å². The van der Waals surface area contributed by atoms with E-state index >= 15 is 0 Å². The van der Waals surface area contributed by atoms with Crippen LogP contribution in [0.25, 0.3) is 0 Å². The van der Waals surface area contributed by atoms with Gasteiger partial charge in [0.25, 0.3) is 0 Å². The van der Waals surface area contributed by atoms with Crippen LogP contribution in [0.5, 0.6) is 0 Å². The van der Waals surface area contributed by atoms with Crippen LogP contribution < -0.4 is 10.5 Å². The highest BCUT2D eigenvalue weighted by Gasteiger charge is 2.13. The number of esters is 1. The SMILES string of the molecule is COC(=O)[C@@H](N)CSNC(C)=O. The summed E-state index contributed by atoms with van der Waals surface area (Å²) in [5.74, 6) is -0.336. The van der Waals surface area contributed by atoms with Crippen molar-refractivity contribution in [3.8, 4) is 0 Å². The molecule has 0 bridgehead atoms. The van der Waals surface area contributed by atoms with Crippen molar-refractivity contribution >= 4 is 23.8 Å². The number of methoxy groups -OCH3 is 1. The third kappa shape index (κ3) is 4.97. The number of carbonyl (C=O) groups excluding carboxylic acids is 2. The average molecular weight is 192 g/mol. The minimum atomic E-state index is -0.688. The van der Waals surface area contributed by atoms with E-state index in [-0.39, 0.29) is 5.91 Å². The molecule has 0 aliphatic carbocycles. The van der Waals surface area contributed by atoms with Gasteiger partial charge in [0.05, 0.1) is 7.11 Å². The Labute approximate surface area is 75.1 Å². The van der Waals surface area contributed by atoms with E-state index in [1.54, 1.807) is 0 Å². The maximum Gasteiger partial charge on any atom is 0.323 e. The molecule has 0 saturated heterocycles. The number of amides is 1. The Balaban J connectivity index is 3.50. The molecule has 12 heavy (non-hydrogen) atoms. The van der Waals surface area contributed by atoms with Crippen molar-refractivity contribution in [2.24, 2.45) is 5.73 Å². The molecule has 0 unspecified atom stereocenters. The predicted octanol–water partition coefficient (Wildman–Crippen LogP) is -0.729. The van der Waals surface area contributed by atoms with E-state index < -0.39 is 12.0 Å². The van der Waals surface area contributed by atoms with Crippen LogP contribution >= 0.6 is 11.9 Å². The molecular formula is C6H12N2O3S. The molecule has 1 atom stereocenters. The van der Waals surface area contributed by atoms with E-state index in [4.69, 9.17) is 5.73 Å². The van der Waals surface area contributed by atoms with Crippen molar-refractivity contribution < 1.29 is 14.3 Å². The first-order valence-corrected chi connectivity index (χ1v) is 4.28. The van der Waals surface area contributed by atoms with E-state index in [0.29, 0.717) is 5.75 Å². The summed E-state index contributed by atoms with van der Waals surface area (Å²) >= 11 is 1.09. The molecule has 0 spiro atoms. The van der Waals surface area contributed by atoms with Gasteiger partial charge in [-0.1, -0.05) is 0 Å². The van der Waals surface area contributed by atoms with Gasteiger partial charge < -0.3 is 15.2 Å². The number of ether oxygens (including phenoxy) is 1.